The molecule has 2 atom stereocenters. The Morgan fingerprint density at radius 3 is 2.25 bits per heavy atom. The van der Waals surface area contributed by atoms with E-state index in [9.17, 15) is 4.79 Å². The standard InChI is InChI=1S/C13H17NO5S/c1-17-7-4-9(18-2)11(10(5-7)19-3)12-14-8(6-20-12)13(15)16/h4-5,8,12,14H,6H2,1-3H3,(H,15,16). The highest BCUT2D eigenvalue weighted by Gasteiger charge is 2.34. The van der Waals surface area contributed by atoms with Gasteiger partial charge in [0.25, 0.3) is 0 Å². The number of hydrogen-bond donors (Lipinski definition) is 2. The van der Waals surface area contributed by atoms with Gasteiger partial charge in [-0.1, -0.05) is 0 Å². The van der Waals surface area contributed by atoms with Crippen LogP contribution in [0.4, 0.5) is 0 Å². The quantitative estimate of drug-likeness (QED) is 0.853. The Balaban J connectivity index is 2.37. The summed E-state index contributed by atoms with van der Waals surface area (Å²) in [4.78, 5) is 11.0. The SMILES string of the molecule is COc1cc(OC)c(C2NC(C(=O)O)CS2)c(OC)c1. The van der Waals surface area contributed by atoms with Crippen molar-refractivity contribution >= 4 is 17.7 Å². The van der Waals surface area contributed by atoms with Gasteiger partial charge in [-0.15, -0.1) is 11.8 Å². The van der Waals surface area contributed by atoms with Crippen LogP contribution in [0.1, 0.15) is 10.9 Å². The third-order valence-corrected chi connectivity index (χ3v) is 4.33. The van der Waals surface area contributed by atoms with E-state index in [0.29, 0.717) is 23.0 Å². The van der Waals surface area contributed by atoms with Gasteiger partial charge in [-0.05, 0) is 0 Å². The number of thioether (sulfide) groups is 1. The first-order chi connectivity index (χ1) is 9.60. The van der Waals surface area contributed by atoms with E-state index in [4.69, 9.17) is 19.3 Å². The lowest BCUT2D eigenvalue weighted by Crippen LogP contribution is -2.33. The van der Waals surface area contributed by atoms with Gasteiger partial charge >= 0.3 is 5.97 Å². The second-order valence-electron chi connectivity index (χ2n) is 4.22. The molecule has 0 bridgehead atoms. The monoisotopic (exact) mass is 299 g/mol. The summed E-state index contributed by atoms with van der Waals surface area (Å²) in [6, 6.07) is 2.95. The van der Waals surface area contributed by atoms with Crippen molar-refractivity contribution in [1.82, 2.24) is 5.32 Å². The van der Waals surface area contributed by atoms with E-state index in [1.165, 1.54) is 11.8 Å². The number of rotatable bonds is 5. The molecule has 0 saturated carbocycles. The second-order valence-corrected chi connectivity index (χ2v) is 5.35. The summed E-state index contributed by atoms with van der Waals surface area (Å²) < 4.78 is 16.0. The Bertz CT molecular complexity index is 483. The molecule has 1 aliphatic rings. The molecule has 1 aliphatic heterocycles. The summed E-state index contributed by atoms with van der Waals surface area (Å²) in [7, 11) is 4.69. The minimum Gasteiger partial charge on any atom is -0.496 e. The topological polar surface area (TPSA) is 77.0 Å². The highest BCUT2D eigenvalue weighted by atomic mass is 32.2. The Morgan fingerprint density at radius 1 is 1.25 bits per heavy atom. The molecule has 1 fully saturated rings. The lowest BCUT2D eigenvalue weighted by molar-refractivity contribution is -0.138. The molecular weight excluding hydrogens is 282 g/mol. The number of carboxylic acid groups (broad SMARTS) is 1. The Hall–Kier alpha value is -1.60. The van der Waals surface area contributed by atoms with Crippen LogP contribution < -0.4 is 19.5 Å². The lowest BCUT2D eigenvalue weighted by atomic mass is 10.1. The van der Waals surface area contributed by atoms with Crippen molar-refractivity contribution < 1.29 is 24.1 Å². The molecule has 0 amide bonds. The largest absolute Gasteiger partial charge is 0.496 e. The first-order valence-corrected chi connectivity index (χ1v) is 7.06. The number of methoxy groups -OCH3 is 3. The van der Waals surface area contributed by atoms with Gasteiger partial charge in [0.1, 0.15) is 23.3 Å². The number of carboxylic acids is 1. The van der Waals surface area contributed by atoms with Crippen molar-refractivity contribution in [3.8, 4) is 17.2 Å². The van der Waals surface area contributed by atoms with Gasteiger partial charge in [0.15, 0.2) is 0 Å². The van der Waals surface area contributed by atoms with Gasteiger partial charge in [0.05, 0.1) is 32.3 Å². The second kappa shape index (κ2) is 6.23. The van der Waals surface area contributed by atoms with Crippen molar-refractivity contribution in [3.63, 3.8) is 0 Å². The van der Waals surface area contributed by atoms with E-state index in [0.717, 1.165) is 5.56 Å². The minimum absolute atomic E-state index is 0.188. The van der Waals surface area contributed by atoms with Gasteiger partial charge in [-0.25, -0.2) is 0 Å². The third-order valence-electron chi connectivity index (χ3n) is 3.10. The third kappa shape index (κ3) is 2.78. The zero-order chi connectivity index (χ0) is 14.7. The van der Waals surface area contributed by atoms with Crippen LogP contribution in [0.5, 0.6) is 17.2 Å². The summed E-state index contributed by atoms with van der Waals surface area (Å²) >= 11 is 1.51. The van der Waals surface area contributed by atoms with E-state index in [1.54, 1.807) is 33.5 Å². The molecule has 0 aromatic heterocycles. The zero-order valence-corrected chi connectivity index (χ0v) is 12.3. The number of hydrogen-bond acceptors (Lipinski definition) is 6. The van der Waals surface area contributed by atoms with Crippen LogP contribution in [-0.4, -0.2) is 44.2 Å². The van der Waals surface area contributed by atoms with Crippen LogP contribution in [-0.2, 0) is 4.79 Å². The Morgan fingerprint density at radius 2 is 1.85 bits per heavy atom. The molecule has 0 aliphatic carbocycles. The highest BCUT2D eigenvalue weighted by Crippen LogP contribution is 2.44. The maximum Gasteiger partial charge on any atom is 0.321 e. The number of aliphatic carboxylic acids is 1. The number of ether oxygens (including phenoxy) is 3. The minimum atomic E-state index is -0.855. The van der Waals surface area contributed by atoms with Crippen LogP contribution in [0.25, 0.3) is 0 Å². The number of carbonyl (C=O) groups is 1. The van der Waals surface area contributed by atoms with E-state index in [1.807, 2.05) is 0 Å². The van der Waals surface area contributed by atoms with Gasteiger partial charge in [-0.2, -0.15) is 0 Å². The molecule has 0 spiro atoms. The Kier molecular flexibility index (Phi) is 4.61. The molecule has 1 aromatic rings. The molecule has 1 heterocycles. The Labute approximate surface area is 121 Å². The van der Waals surface area contributed by atoms with Crippen LogP contribution in [0, 0.1) is 0 Å². The van der Waals surface area contributed by atoms with Gasteiger partial charge in [-0.3, -0.25) is 10.1 Å². The first kappa shape index (κ1) is 14.8. The fourth-order valence-corrected chi connectivity index (χ4v) is 3.35. The fraction of sp³-hybridized carbons (Fsp3) is 0.462. The average molecular weight is 299 g/mol. The van der Waals surface area contributed by atoms with Gasteiger partial charge in [0.2, 0.25) is 0 Å². The van der Waals surface area contributed by atoms with Crippen molar-refractivity contribution in [2.45, 2.75) is 11.4 Å². The molecule has 2 unspecified atom stereocenters. The van der Waals surface area contributed by atoms with Crippen LogP contribution >= 0.6 is 11.8 Å². The van der Waals surface area contributed by atoms with E-state index in [-0.39, 0.29) is 5.37 Å². The van der Waals surface area contributed by atoms with E-state index < -0.39 is 12.0 Å². The maximum absolute atomic E-state index is 11.0. The smallest absolute Gasteiger partial charge is 0.321 e. The van der Waals surface area contributed by atoms with Crippen LogP contribution in [0.2, 0.25) is 0 Å². The zero-order valence-electron chi connectivity index (χ0n) is 11.5. The summed E-state index contributed by atoms with van der Waals surface area (Å²) in [6.45, 7) is 0. The molecule has 0 radical (unpaired) electrons. The fourth-order valence-electron chi connectivity index (χ4n) is 2.07. The first-order valence-electron chi connectivity index (χ1n) is 6.01. The molecule has 1 aromatic carbocycles. The highest BCUT2D eigenvalue weighted by molar-refractivity contribution is 7.99. The summed E-state index contributed by atoms with van der Waals surface area (Å²) in [5.41, 5.74) is 0.796. The molecular formula is C13H17NO5S. The van der Waals surface area contributed by atoms with Crippen molar-refractivity contribution in [1.29, 1.82) is 0 Å². The van der Waals surface area contributed by atoms with Crippen LogP contribution in [0.15, 0.2) is 12.1 Å². The molecule has 2 rings (SSSR count). The molecule has 6 nitrogen and oxygen atoms in total. The summed E-state index contributed by atoms with van der Waals surface area (Å²) in [5.74, 6) is 1.49. The lowest BCUT2D eigenvalue weighted by Gasteiger charge is -2.19. The van der Waals surface area contributed by atoms with Crippen molar-refractivity contribution in [3.05, 3.63) is 17.7 Å². The van der Waals surface area contributed by atoms with Crippen molar-refractivity contribution in [2.24, 2.45) is 0 Å². The predicted octanol–water partition coefficient (Wildman–Crippen LogP) is 1.50. The van der Waals surface area contributed by atoms with Crippen molar-refractivity contribution in [2.75, 3.05) is 27.1 Å². The van der Waals surface area contributed by atoms with Gasteiger partial charge in [0, 0.05) is 17.9 Å². The molecule has 7 heteroatoms. The average Bonchev–Trinajstić information content (AvgIpc) is 2.95. The van der Waals surface area contributed by atoms with E-state index >= 15 is 0 Å². The normalized spacial score (nSPS) is 21.6. The summed E-state index contributed by atoms with van der Waals surface area (Å²) in [6.07, 6.45) is 0. The number of nitrogens with one attached hydrogen (secondary N) is 1. The molecule has 1 saturated heterocycles. The predicted molar refractivity (Wildman–Crippen MR) is 75.9 cm³/mol. The molecule has 2 N–H and O–H groups in total. The maximum atomic E-state index is 11.0. The molecule has 110 valence electrons. The molecule has 20 heavy (non-hydrogen) atoms. The van der Waals surface area contributed by atoms with Gasteiger partial charge < -0.3 is 19.3 Å². The van der Waals surface area contributed by atoms with E-state index in [2.05, 4.69) is 5.32 Å². The summed E-state index contributed by atoms with van der Waals surface area (Å²) in [5, 5.41) is 11.9. The number of benzene rings is 1. The van der Waals surface area contributed by atoms with Crippen LogP contribution in [0.3, 0.4) is 0 Å².